The van der Waals surface area contributed by atoms with E-state index in [0.29, 0.717) is 24.6 Å². The Hall–Kier alpha value is -2.35. The van der Waals surface area contributed by atoms with Gasteiger partial charge in [0.15, 0.2) is 0 Å². The molecule has 22 heavy (non-hydrogen) atoms. The lowest BCUT2D eigenvalue weighted by Crippen LogP contribution is -2.38. The summed E-state index contributed by atoms with van der Waals surface area (Å²) in [5.41, 5.74) is 0.557. The number of hydrogen-bond donors (Lipinski definition) is 1. The molecular formula is C17H20FN3O. The molecule has 0 bridgehead atoms. The van der Waals surface area contributed by atoms with Gasteiger partial charge >= 0.3 is 0 Å². The van der Waals surface area contributed by atoms with Crippen molar-refractivity contribution in [1.82, 2.24) is 10.2 Å². The van der Waals surface area contributed by atoms with Crippen molar-refractivity contribution in [3.8, 4) is 6.07 Å². The molecule has 116 valence electrons. The number of carbonyl (C=O) groups is 1. The van der Waals surface area contributed by atoms with E-state index in [0.717, 1.165) is 12.8 Å². The normalized spacial score (nSPS) is 16.2. The molecule has 1 aromatic rings. The van der Waals surface area contributed by atoms with Gasteiger partial charge < -0.3 is 10.2 Å². The van der Waals surface area contributed by atoms with E-state index in [1.165, 1.54) is 12.3 Å². The number of rotatable bonds is 4. The first-order chi connectivity index (χ1) is 10.6. The first kappa shape index (κ1) is 16.0. The van der Waals surface area contributed by atoms with Crippen molar-refractivity contribution >= 4 is 5.91 Å². The number of carbonyl (C=O) groups excluding carboxylic acids is 1. The van der Waals surface area contributed by atoms with E-state index in [9.17, 15) is 9.18 Å². The third-order valence-electron chi connectivity index (χ3n) is 3.92. The summed E-state index contributed by atoms with van der Waals surface area (Å²) in [6.07, 6.45) is 3.31. The van der Waals surface area contributed by atoms with Crippen LogP contribution in [0.25, 0.3) is 0 Å². The number of nitrogens with zero attached hydrogens (tertiary/aromatic N) is 2. The highest BCUT2D eigenvalue weighted by molar-refractivity contribution is 5.97. The summed E-state index contributed by atoms with van der Waals surface area (Å²) in [6, 6.07) is 8.33. The van der Waals surface area contributed by atoms with Crippen molar-refractivity contribution < 1.29 is 9.18 Å². The fourth-order valence-electron chi connectivity index (χ4n) is 2.43. The number of piperidine rings is 1. The van der Waals surface area contributed by atoms with Crippen molar-refractivity contribution in [2.75, 3.05) is 13.1 Å². The molecule has 0 spiro atoms. The molecule has 0 aliphatic carbocycles. The maximum absolute atomic E-state index is 13.5. The average Bonchev–Trinajstić information content (AvgIpc) is 2.53. The summed E-state index contributed by atoms with van der Waals surface area (Å²) in [6.45, 7) is 3.78. The number of amides is 1. The van der Waals surface area contributed by atoms with Gasteiger partial charge in [-0.2, -0.15) is 5.26 Å². The van der Waals surface area contributed by atoms with E-state index in [2.05, 4.69) is 12.2 Å². The summed E-state index contributed by atoms with van der Waals surface area (Å²) in [5.74, 6) is 0.0615. The summed E-state index contributed by atoms with van der Waals surface area (Å²) < 4.78 is 13.5. The zero-order valence-corrected chi connectivity index (χ0v) is 12.7. The molecular weight excluding hydrogens is 281 g/mol. The Morgan fingerprint density at radius 2 is 2.14 bits per heavy atom. The Morgan fingerprint density at radius 3 is 2.77 bits per heavy atom. The first-order valence-corrected chi connectivity index (χ1v) is 7.48. The molecule has 2 rings (SSSR count). The second-order valence-corrected chi connectivity index (χ2v) is 5.62. The maximum atomic E-state index is 13.5. The SMILES string of the molecule is CC1CCN(C(=O)/C(C#N)=C\NCc2ccccc2F)CC1. The monoisotopic (exact) mass is 301 g/mol. The first-order valence-electron chi connectivity index (χ1n) is 7.48. The molecule has 0 unspecified atom stereocenters. The second-order valence-electron chi connectivity index (χ2n) is 5.62. The van der Waals surface area contributed by atoms with Crippen molar-refractivity contribution in [2.45, 2.75) is 26.3 Å². The molecule has 1 amide bonds. The van der Waals surface area contributed by atoms with Crippen LogP contribution in [-0.2, 0) is 11.3 Å². The summed E-state index contributed by atoms with van der Waals surface area (Å²) >= 11 is 0. The van der Waals surface area contributed by atoms with E-state index < -0.39 is 0 Å². The van der Waals surface area contributed by atoms with Gasteiger partial charge in [-0.1, -0.05) is 25.1 Å². The lowest BCUT2D eigenvalue weighted by atomic mass is 9.99. The van der Waals surface area contributed by atoms with Gasteiger partial charge in [-0.25, -0.2) is 4.39 Å². The molecule has 0 radical (unpaired) electrons. The van der Waals surface area contributed by atoms with E-state index in [1.54, 1.807) is 23.1 Å². The number of nitrogens with one attached hydrogen (secondary N) is 1. The highest BCUT2D eigenvalue weighted by Crippen LogP contribution is 2.17. The minimum atomic E-state index is -0.307. The van der Waals surface area contributed by atoms with Gasteiger partial charge in [0, 0.05) is 31.4 Å². The lowest BCUT2D eigenvalue weighted by molar-refractivity contribution is -0.128. The molecule has 1 N–H and O–H groups in total. The van der Waals surface area contributed by atoms with Crippen LogP contribution in [0.15, 0.2) is 36.0 Å². The number of halogens is 1. The van der Waals surface area contributed by atoms with Crippen LogP contribution in [0, 0.1) is 23.1 Å². The molecule has 0 atom stereocenters. The van der Waals surface area contributed by atoms with Crippen molar-refractivity contribution in [1.29, 1.82) is 5.26 Å². The third kappa shape index (κ3) is 4.08. The smallest absolute Gasteiger partial charge is 0.265 e. The summed E-state index contributed by atoms with van der Waals surface area (Å²) in [4.78, 5) is 14.0. The summed E-state index contributed by atoms with van der Waals surface area (Å²) in [5, 5.41) is 12.0. The van der Waals surface area contributed by atoms with Gasteiger partial charge in [0.25, 0.3) is 5.91 Å². The van der Waals surface area contributed by atoms with Crippen LogP contribution >= 0.6 is 0 Å². The van der Waals surface area contributed by atoms with E-state index in [1.807, 2.05) is 6.07 Å². The van der Waals surface area contributed by atoms with Crippen LogP contribution in [0.2, 0.25) is 0 Å². The average molecular weight is 301 g/mol. The van der Waals surface area contributed by atoms with Crippen LogP contribution in [0.5, 0.6) is 0 Å². The van der Waals surface area contributed by atoms with Crippen molar-refractivity contribution in [2.24, 2.45) is 5.92 Å². The highest BCUT2D eigenvalue weighted by Gasteiger charge is 2.22. The van der Waals surface area contributed by atoms with E-state index in [-0.39, 0.29) is 23.8 Å². The van der Waals surface area contributed by atoms with Gasteiger partial charge in [-0.3, -0.25) is 4.79 Å². The predicted molar refractivity (Wildman–Crippen MR) is 81.9 cm³/mol. The molecule has 1 saturated heterocycles. The van der Waals surface area contributed by atoms with Gasteiger partial charge in [0.1, 0.15) is 17.5 Å². The Balaban J connectivity index is 1.95. The number of benzene rings is 1. The Kier molecular flexibility index (Phi) is 5.54. The van der Waals surface area contributed by atoms with E-state index in [4.69, 9.17) is 5.26 Å². The standard InChI is InChI=1S/C17H20FN3O/c1-13-6-8-21(9-7-13)17(22)15(10-19)12-20-11-14-4-2-3-5-16(14)18/h2-5,12-13,20H,6-9,11H2,1H3/b15-12-. The topological polar surface area (TPSA) is 56.1 Å². The number of hydrogen-bond acceptors (Lipinski definition) is 3. The summed E-state index contributed by atoms with van der Waals surface area (Å²) in [7, 11) is 0. The van der Waals surface area contributed by atoms with Gasteiger partial charge in [0.2, 0.25) is 0 Å². The molecule has 0 aromatic heterocycles. The Labute approximate surface area is 130 Å². The molecule has 0 saturated carbocycles. The van der Waals surface area contributed by atoms with Crippen LogP contribution in [0.4, 0.5) is 4.39 Å². The fourth-order valence-corrected chi connectivity index (χ4v) is 2.43. The highest BCUT2D eigenvalue weighted by atomic mass is 19.1. The van der Waals surface area contributed by atoms with Crippen LogP contribution in [0.3, 0.4) is 0 Å². The molecule has 1 heterocycles. The molecule has 5 heteroatoms. The van der Waals surface area contributed by atoms with Crippen LogP contribution in [-0.4, -0.2) is 23.9 Å². The molecule has 1 fully saturated rings. The van der Waals surface area contributed by atoms with Crippen molar-refractivity contribution in [3.05, 3.63) is 47.4 Å². The number of likely N-dealkylation sites (tertiary alicyclic amines) is 1. The zero-order chi connectivity index (χ0) is 15.9. The minimum absolute atomic E-state index is 0.0610. The van der Waals surface area contributed by atoms with E-state index >= 15 is 0 Å². The quantitative estimate of drug-likeness (QED) is 0.687. The van der Waals surface area contributed by atoms with Gasteiger partial charge in [0.05, 0.1) is 0 Å². The van der Waals surface area contributed by atoms with Gasteiger partial charge in [-0.15, -0.1) is 0 Å². The third-order valence-corrected chi connectivity index (χ3v) is 3.92. The molecule has 1 aromatic carbocycles. The minimum Gasteiger partial charge on any atom is -0.385 e. The Bertz CT molecular complexity index is 598. The van der Waals surface area contributed by atoms with Gasteiger partial charge in [-0.05, 0) is 24.8 Å². The molecule has 1 aliphatic rings. The Morgan fingerprint density at radius 1 is 1.45 bits per heavy atom. The largest absolute Gasteiger partial charge is 0.385 e. The second kappa shape index (κ2) is 7.60. The molecule has 4 nitrogen and oxygen atoms in total. The molecule has 1 aliphatic heterocycles. The number of nitriles is 1. The predicted octanol–water partition coefficient (Wildman–Crippen LogP) is 2.58. The van der Waals surface area contributed by atoms with Crippen molar-refractivity contribution in [3.63, 3.8) is 0 Å². The van der Waals surface area contributed by atoms with Crippen LogP contribution < -0.4 is 5.32 Å². The maximum Gasteiger partial charge on any atom is 0.265 e. The fraction of sp³-hybridized carbons (Fsp3) is 0.412. The van der Waals surface area contributed by atoms with Crippen LogP contribution in [0.1, 0.15) is 25.3 Å². The lowest BCUT2D eigenvalue weighted by Gasteiger charge is -2.30. The zero-order valence-electron chi connectivity index (χ0n) is 12.7.